The molecule has 1 heterocycles. The Hall–Kier alpha value is -2.48. The summed E-state index contributed by atoms with van der Waals surface area (Å²) in [7, 11) is 1.85. The summed E-state index contributed by atoms with van der Waals surface area (Å²) in [5.74, 6) is 4.23. The van der Waals surface area contributed by atoms with Gasteiger partial charge >= 0.3 is 0 Å². The molecule has 0 aliphatic carbocycles. The first kappa shape index (κ1) is 13.9. The lowest BCUT2D eigenvalue weighted by atomic mass is 10.3. The number of anilines is 1. The van der Waals surface area contributed by atoms with Crippen LogP contribution in [-0.2, 0) is 6.54 Å². The number of likely N-dealkylation sites (N-methyl/N-ethyl adjacent to an activating group) is 1. The Morgan fingerprint density at radius 1 is 1.55 bits per heavy atom. The predicted octanol–water partition coefficient (Wildman–Crippen LogP) is 0.157. The number of hydrogen-bond donors (Lipinski definition) is 2. The number of hydrazine groups is 1. The van der Waals surface area contributed by atoms with E-state index in [1.165, 1.54) is 23.0 Å². The molecule has 7 nitrogen and oxygen atoms in total. The van der Waals surface area contributed by atoms with Gasteiger partial charge in [0.25, 0.3) is 5.91 Å². The molecule has 2 aromatic rings. The molecule has 0 saturated heterocycles. The van der Waals surface area contributed by atoms with E-state index in [1.807, 2.05) is 23.4 Å². The smallest absolute Gasteiger partial charge is 0.287 e. The summed E-state index contributed by atoms with van der Waals surface area (Å²) in [6.07, 6.45) is 1.50. The molecular formula is C12H15FN6O. The van der Waals surface area contributed by atoms with E-state index in [0.29, 0.717) is 13.1 Å². The molecule has 0 fully saturated rings. The number of nitrogens with two attached hydrogens (primary N) is 1. The molecule has 1 aromatic carbocycles. The minimum absolute atomic E-state index is 0.154. The van der Waals surface area contributed by atoms with Crippen LogP contribution < -0.4 is 16.2 Å². The fourth-order valence-electron chi connectivity index (χ4n) is 1.68. The van der Waals surface area contributed by atoms with E-state index in [9.17, 15) is 9.18 Å². The van der Waals surface area contributed by atoms with E-state index in [0.717, 1.165) is 5.69 Å². The van der Waals surface area contributed by atoms with Crippen molar-refractivity contribution in [1.29, 1.82) is 0 Å². The van der Waals surface area contributed by atoms with Gasteiger partial charge in [-0.1, -0.05) is 11.3 Å². The average molecular weight is 278 g/mol. The van der Waals surface area contributed by atoms with Crippen molar-refractivity contribution in [3.05, 3.63) is 42.0 Å². The molecule has 0 radical (unpaired) electrons. The quantitative estimate of drug-likeness (QED) is 0.462. The summed E-state index contributed by atoms with van der Waals surface area (Å²) < 4.78 is 14.6. The van der Waals surface area contributed by atoms with Crippen LogP contribution >= 0.6 is 0 Å². The van der Waals surface area contributed by atoms with Gasteiger partial charge in [0, 0.05) is 19.3 Å². The van der Waals surface area contributed by atoms with Crippen LogP contribution in [0.3, 0.4) is 0 Å². The van der Waals surface area contributed by atoms with Crippen molar-refractivity contribution in [3.8, 4) is 0 Å². The first-order valence-electron chi connectivity index (χ1n) is 5.98. The molecule has 1 amide bonds. The molecule has 0 saturated carbocycles. The van der Waals surface area contributed by atoms with Gasteiger partial charge in [-0.2, -0.15) is 0 Å². The van der Waals surface area contributed by atoms with Gasteiger partial charge in [0.1, 0.15) is 5.82 Å². The van der Waals surface area contributed by atoms with Gasteiger partial charge in [0.05, 0.1) is 12.7 Å². The van der Waals surface area contributed by atoms with Gasteiger partial charge in [-0.05, 0) is 18.2 Å². The minimum Gasteiger partial charge on any atom is -0.373 e. The lowest BCUT2D eigenvalue weighted by Crippen LogP contribution is -2.30. The second-order valence-corrected chi connectivity index (χ2v) is 4.24. The van der Waals surface area contributed by atoms with Crippen LogP contribution in [0.15, 0.2) is 30.5 Å². The zero-order valence-electron chi connectivity index (χ0n) is 11.0. The highest BCUT2D eigenvalue weighted by atomic mass is 19.1. The number of nitrogen functional groups attached to an aromatic ring is 1. The maximum atomic E-state index is 13.1. The van der Waals surface area contributed by atoms with Crippen molar-refractivity contribution in [3.63, 3.8) is 0 Å². The Morgan fingerprint density at radius 2 is 2.35 bits per heavy atom. The topological polar surface area (TPSA) is 89.1 Å². The standard InChI is InChI=1S/C12H15FN6O/c1-18(10-4-2-3-9(13)7-10)5-6-19-8-11(16-17-19)12(20)15-14/h2-4,7-8H,5-6,14H2,1H3,(H,15,20). The van der Waals surface area contributed by atoms with Gasteiger partial charge in [0.2, 0.25) is 0 Å². The first-order chi connectivity index (χ1) is 9.60. The van der Waals surface area contributed by atoms with E-state index < -0.39 is 5.91 Å². The summed E-state index contributed by atoms with van der Waals surface area (Å²) in [6, 6.07) is 6.32. The zero-order valence-corrected chi connectivity index (χ0v) is 11.0. The Kier molecular flexibility index (Phi) is 4.26. The molecule has 20 heavy (non-hydrogen) atoms. The summed E-state index contributed by atoms with van der Waals surface area (Å²) >= 11 is 0. The highest BCUT2D eigenvalue weighted by Gasteiger charge is 2.09. The number of nitrogens with zero attached hydrogens (tertiary/aromatic N) is 4. The van der Waals surface area contributed by atoms with Crippen LogP contribution in [0.5, 0.6) is 0 Å². The number of rotatable bonds is 5. The largest absolute Gasteiger partial charge is 0.373 e. The molecule has 1 aromatic heterocycles. The Bertz CT molecular complexity index is 599. The summed E-state index contributed by atoms with van der Waals surface area (Å²) in [6.45, 7) is 1.11. The van der Waals surface area contributed by atoms with Crippen LogP contribution in [0.2, 0.25) is 0 Å². The first-order valence-corrected chi connectivity index (χ1v) is 5.98. The number of hydrogen-bond acceptors (Lipinski definition) is 5. The predicted molar refractivity (Wildman–Crippen MR) is 71.3 cm³/mol. The number of nitrogens with one attached hydrogen (secondary N) is 1. The van der Waals surface area contributed by atoms with E-state index in [4.69, 9.17) is 5.84 Å². The third-order valence-corrected chi connectivity index (χ3v) is 2.82. The molecule has 0 aliphatic rings. The van der Waals surface area contributed by atoms with Crippen LogP contribution in [0.25, 0.3) is 0 Å². The van der Waals surface area contributed by atoms with E-state index in [2.05, 4.69) is 10.3 Å². The highest BCUT2D eigenvalue weighted by Crippen LogP contribution is 2.13. The van der Waals surface area contributed by atoms with Crippen molar-refractivity contribution < 1.29 is 9.18 Å². The zero-order chi connectivity index (χ0) is 14.5. The van der Waals surface area contributed by atoms with Gasteiger partial charge in [-0.3, -0.25) is 10.2 Å². The molecule has 0 bridgehead atoms. The highest BCUT2D eigenvalue weighted by molar-refractivity contribution is 5.91. The van der Waals surface area contributed by atoms with Crippen molar-refractivity contribution in [2.45, 2.75) is 6.54 Å². The maximum absolute atomic E-state index is 13.1. The fraction of sp³-hybridized carbons (Fsp3) is 0.250. The molecule has 0 unspecified atom stereocenters. The lowest BCUT2D eigenvalue weighted by Gasteiger charge is -2.18. The Labute approximate surface area is 115 Å². The van der Waals surface area contributed by atoms with Crippen LogP contribution in [-0.4, -0.2) is 34.5 Å². The summed E-state index contributed by atoms with van der Waals surface area (Å²) in [4.78, 5) is 13.1. The maximum Gasteiger partial charge on any atom is 0.287 e. The van der Waals surface area contributed by atoms with Crippen LogP contribution in [0, 0.1) is 5.82 Å². The number of aromatic nitrogens is 3. The molecule has 2 rings (SSSR count). The molecule has 3 N–H and O–H groups in total. The molecule has 8 heteroatoms. The number of carbonyl (C=O) groups excluding carboxylic acids is 1. The summed E-state index contributed by atoms with van der Waals surface area (Å²) in [5.41, 5.74) is 2.91. The normalized spacial score (nSPS) is 10.3. The molecule has 0 aliphatic heterocycles. The van der Waals surface area contributed by atoms with Crippen molar-refractivity contribution in [2.75, 3.05) is 18.5 Å². The Balaban J connectivity index is 1.95. The van der Waals surface area contributed by atoms with Gasteiger partial charge in [-0.15, -0.1) is 5.10 Å². The minimum atomic E-state index is -0.491. The van der Waals surface area contributed by atoms with Gasteiger partial charge in [-0.25, -0.2) is 14.9 Å². The second-order valence-electron chi connectivity index (χ2n) is 4.24. The van der Waals surface area contributed by atoms with Crippen molar-refractivity contribution in [2.24, 2.45) is 5.84 Å². The number of amides is 1. The second kappa shape index (κ2) is 6.11. The van der Waals surface area contributed by atoms with E-state index in [1.54, 1.807) is 6.07 Å². The SMILES string of the molecule is CN(CCn1cc(C(=O)NN)nn1)c1cccc(F)c1. The monoisotopic (exact) mass is 278 g/mol. The summed E-state index contributed by atoms with van der Waals surface area (Å²) in [5, 5.41) is 7.51. The lowest BCUT2D eigenvalue weighted by molar-refractivity contribution is 0.0948. The molecular weight excluding hydrogens is 263 g/mol. The molecule has 106 valence electrons. The van der Waals surface area contributed by atoms with Crippen LogP contribution in [0.4, 0.5) is 10.1 Å². The van der Waals surface area contributed by atoms with Crippen LogP contribution in [0.1, 0.15) is 10.5 Å². The third-order valence-electron chi connectivity index (χ3n) is 2.82. The van der Waals surface area contributed by atoms with E-state index >= 15 is 0 Å². The van der Waals surface area contributed by atoms with E-state index in [-0.39, 0.29) is 11.5 Å². The fourth-order valence-corrected chi connectivity index (χ4v) is 1.68. The average Bonchev–Trinajstić information content (AvgIpc) is 2.92. The van der Waals surface area contributed by atoms with Crippen molar-refractivity contribution in [1.82, 2.24) is 20.4 Å². The van der Waals surface area contributed by atoms with Crippen molar-refractivity contribution >= 4 is 11.6 Å². The number of halogens is 1. The van der Waals surface area contributed by atoms with Gasteiger partial charge in [0.15, 0.2) is 5.69 Å². The third kappa shape index (κ3) is 3.29. The van der Waals surface area contributed by atoms with Gasteiger partial charge < -0.3 is 4.90 Å². The molecule has 0 atom stereocenters. The Morgan fingerprint density at radius 3 is 3.05 bits per heavy atom. The molecule has 0 spiro atoms. The number of benzene rings is 1. The number of carbonyl (C=O) groups is 1.